The van der Waals surface area contributed by atoms with Gasteiger partial charge in [0.2, 0.25) is 0 Å². The van der Waals surface area contributed by atoms with Gasteiger partial charge in [0, 0.05) is 5.41 Å². The second kappa shape index (κ2) is 44.5. The summed E-state index contributed by atoms with van der Waals surface area (Å²) in [6, 6.07) is 0. The normalized spacial score (nSPS) is 12.8. The number of hydrogen-bond donors (Lipinski definition) is 0. The zero-order valence-corrected chi connectivity index (χ0v) is 56.3. The van der Waals surface area contributed by atoms with E-state index in [1.807, 2.05) is 145 Å². The maximum Gasteiger partial charge on any atom is 0.339 e. The van der Waals surface area contributed by atoms with E-state index in [1.54, 1.807) is 55.4 Å². The first-order valence-corrected chi connectivity index (χ1v) is 29.5. The number of esters is 3. The highest BCUT2D eigenvalue weighted by atomic mass is 16.6. The van der Waals surface area contributed by atoms with Gasteiger partial charge in [0.15, 0.2) is 5.60 Å². The van der Waals surface area contributed by atoms with Gasteiger partial charge in [0.25, 0.3) is 0 Å². The second-order valence-corrected chi connectivity index (χ2v) is 25.2. The van der Waals surface area contributed by atoms with Gasteiger partial charge in [-0.2, -0.15) is 0 Å². The van der Waals surface area contributed by atoms with Crippen LogP contribution in [0.25, 0.3) is 0 Å². The molecule has 0 unspecified atom stereocenters. The van der Waals surface area contributed by atoms with Gasteiger partial charge in [-0.15, -0.1) is 0 Å². The van der Waals surface area contributed by atoms with Crippen molar-refractivity contribution in [3.8, 4) is 0 Å². The Morgan fingerprint density at radius 3 is 0.722 bits per heavy atom. The van der Waals surface area contributed by atoms with E-state index in [-0.39, 0.29) is 89.7 Å². The number of rotatable bonds is 39. The van der Waals surface area contributed by atoms with Crippen LogP contribution in [-0.4, -0.2) is 174 Å². The van der Waals surface area contributed by atoms with Crippen LogP contribution in [0.4, 0.5) is 0 Å². The quantitative estimate of drug-likeness (QED) is 0.0418. The van der Waals surface area contributed by atoms with E-state index in [0.717, 1.165) is 0 Å². The maximum absolute atomic E-state index is 12.7. The van der Waals surface area contributed by atoms with Crippen molar-refractivity contribution >= 4 is 17.9 Å². The SMILES string of the molecule is CC(C)OC(=O)CC(CC(=O)OC(C)C)(OC(C)C)C(=O)OC(C)C.CC(C)OCC(C)(COC(C)C)COC(C)C.CC(C)OCC(C)(COC(C)C)OC(C)C.CC(C)OCC(COC(C)C)(COC(C)C)COC(C)C. The van der Waals surface area contributed by atoms with Crippen molar-refractivity contribution in [2.24, 2.45) is 10.8 Å². The predicted molar refractivity (Wildman–Crippen MR) is 317 cm³/mol. The average molecular weight is 1140 g/mol. The van der Waals surface area contributed by atoms with Gasteiger partial charge in [-0.1, -0.05) is 6.92 Å². The van der Waals surface area contributed by atoms with Gasteiger partial charge in [-0.3, -0.25) is 9.59 Å². The molecule has 0 aromatic heterocycles. The molecule has 476 valence electrons. The van der Waals surface area contributed by atoms with Gasteiger partial charge < -0.3 is 66.3 Å². The molecule has 0 amide bonds. The van der Waals surface area contributed by atoms with Crippen molar-refractivity contribution < 1.29 is 80.7 Å². The van der Waals surface area contributed by atoms with Gasteiger partial charge >= 0.3 is 17.9 Å². The van der Waals surface area contributed by atoms with Crippen molar-refractivity contribution in [3.63, 3.8) is 0 Å². The van der Waals surface area contributed by atoms with Crippen LogP contribution in [0.1, 0.15) is 221 Å². The molecule has 0 saturated carbocycles. The third-order valence-electron chi connectivity index (χ3n) is 9.92. The maximum atomic E-state index is 12.7. The molecule has 0 rings (SSSR count). The minimum Gasteiger partial charge on any atom is -0.463 e. The second-order valence-electron chi connectivity index (χ2n) is 25.2. The van der Waals surface area contributed by atoms with E-state index in [1.165, 1.54) is 0 Å². The standard InChI is InChI=1S/C18H32O7.C17H36O4.C14H30O3.C13H28O3/c1-11(2)22-15(19)9-18(25-14(7)8,17(21)24-13(5)6)10-16(20)23-12(3)4;1-13(2)18-9-17(10-19-14(3)4,11-20-15(5)6)12-21-16(7)8;1-11(2)15-8-14(7,9-16-12(3)4)10-17-13(5)6;1-10(2)14-8-13(7,16-12(5)6)9-15-11(3)4/h11-14H,9-10H2,1-8H3;13-16H,9-12H2,1-8H3;11-13H,8-10H2,1-7H3;10-12H,8-9H2,1-7H3. The Morgan fingerprint density at radius 1 is 0.278 bits per heavy atom. The van der Waals surface area contributed by atoms with Gasteiger partial charge in [0.1, 0.15) is 5.60 Å². The molecule has 17 heteroatoms. The van der Waals surface area contributed by atoms with Gasteiger partial charge in [-0.25, -0.2) is 4.79 Å². The Kier molecular flexibility index (Phi) is 47.0. The van der Waals surface area contributed by atoms with E-state index in [0.29, 0.717) is 59.5 Å². The van der Waals surface area contributed by atoms with Crippen molar-refractivity contribution in [3.05, 3.63) is 0 Å². The number of carbonyl (C=O) groups is 3. The smallest absolute Gasteiger partial charge is 0.339 e. The zero-order chi connectivity index (χ0) is 62.5. The summed E-state index contributed by atoms with van der Waals surface area (Å²) >= 11 is 0. The monoisotopic (exact) mass is 1140 g/mol. The van der Waals surface area contributed by atoms with E-state index in [9.17, 15) is 14.4 Å². The van der Waals surface area contributed by atoms with Crippen molar-refractivity contribution in [2.45, 2.75) is 317 Å². The summed E-state index contributed by atoms with van der Waals surface area (Å²) in [6.07, 6.45) is -0.341. The Balaban J connectivity index is -0.000000482. The summed E-state index contributed by atoms with van der Waals surface area (Å²) in [5.41, 5.74) is -2.47. The fourth-order valence-corrected chi connectivity index (χ4v) is 6.40. The molecule has 0 saturated heterocycles. The van der Waals surface area contributed by atoms with Gasteiger partial charge in [-0.05, 0) is 201 Å². The van der Waals surface area contributed by atoms with E-state index >= 15 is 0 Å². The molecule has 0 aromatic rings. The number of ether oxygens (including phenoxy) is 14. The van der Waals surface area contributed by atoms with Crippen molar-refractivity contribution in [1.29, 1.82) is 0 Å². The van der Waals surface area contributed by atoms with E-state index in [2.05, 4.69) is 6.92 Å². The Labute approximate surface area is 484 Å². The molecule has 17 nitrogen and oxygen atoms in total. The highest BCUT2D eigenvalue weighted by molar-refractivity contribution is 5.90. The van der Waals surface area contributed by atoms with Crippen molar-refractivity contribution in [2.75, 3.05) is 59.5 Å². The largest absolute Gasteiger partial charge is 0.463 e. The predicted octanol–water partition coefficient (Wildman–Crippen LogP) is 12.7. The van der Waals surface area contributed by atoms with Crippen LogP contribution in [-0.2, 0) is 80.7 Å². The molecule has 0 bridgehead atoms. The first-order chi connectivity index (χ1) is 36.0. The molecule has 0 aromatic carbocycles. The topological polar surface area (TPSA) is 180 Å². The molecular weight excluding hydrogens is 1020 g/mol. The lowest BCUT2D eigenvalue weighted by Gasteiger charge is -2.35. The van der Waals surface area contributed by atoms with E-state index < -0.39 is 48.6 Å². The summed E-state index contributed by atoms with van der Waals surface area (Å²) in [7, 11) is 0. The van der Waals surface area contributed by atoms with Crippen LogP contribution in [0, 0.1) is 10.8 Å². The lowest BCUT2D eigenvalue weighted by atomic mass is 9.91. The molecule has 79 heavy (non-hydrogen) atoms. The van der Waals surface area contributed by atoms with Crippen LogP contribution >= 0.6 is 0 Å². The van der Waals surface area contributed by atoms with Crippen LogP contribution in [0.2, 0.25) is 0 Å². The highest BCUT2D eigenvalue weighted by Crippen LogP contribution is 2.29. The minimum atomic E-state index is -1.78. The molecule has 0 fully saturated rings. The Morgan fingerprint density at radius 2 is 0.506 bits per heavy atom. The molecule has 0 N–H and O–H groups in total. The van der Waals surface area contributed by atoms with Crippen LogP contribution in [0.5, 0.6) is 0 Å². The van der Waals surface area contributed by atoms with Gasteiger partial charge in [0.05, 0.1) is 163 Å². The number of carbonyl (C=O) groups excluding carboxylic acids is 3. The van der Waals surface area contributed by atoms with Crippen molar-refractivity contribution in [1.82, 2.24) is 0 Å². The molecule has 0 atom stereocenters. The number of hydrogen-bond acceptors (Lipinski definition) is 17. The van der Waals surface area contributed by atoms with E-state index in [4.69, 9.17) is 66.3 Å². The lowest BCUT2D eigenvalue weighted by molar-refractivity contribution is -0.195. The fourth-order valence-electron chi connectivity index (χ4n) is 6.40. The lowest BCUT2D eigenvalue weighted by Crippen LogP contribution is -2.49. The minimum absolute atomic E-state index is 0.0706. The van der Waals surface area contributed by atoms with Crippen LogP contribution in [0.15, 0.2) is 0 Å². The Hall–Kier alpha value is -2.03. The zero-order valence-electron chi connectivity index (χ0n) is 56.3. The molecule has 0 spiro atoms. The summed E-state index contributed by atoms with van der Waals surface area (Å²) in [6.45, 7) is 64.0. The molecule has 0 heterocycles. The summed E-state index contributed by atoms with van der Waals surface area (Å²) in [5.74, 6) is -2.07. The molecule has 0 aliphatic heterocycles. The van der Waals surface area contributed by atoms with Crippen LogP contribution in [0.3, 0.4) is 0 Å². The average Bonchev–Trinajstić information content (AvgIpc) is 3.27. The summed E-state index contributed by atoms with van der Waals surface area (Å²) < 4.78 is 79.0. The van der Waals surface area contributed by atoms with Crippen LogP contribution < -0.4 is 0 Å². The summed E-state index contributed by atoms with van der Waals surface area (Å²) in [5, 5.41) is 0. The fraction of sp³-hybridized carbons (Fsp3) is 0.952. The first-order valence-electron chi connectivity index (χ1n) is 29.5. The molecular formula is C62H126O17. The first kappa shape index (κ1) is 83.4. The third-order valence-corrected chi connectivity index (χ3v) is 9.92. The highest BCUT2D eigenvalue weighted by Gasteiger charge is 2.48. The third kappa shape index (κ3) is 51.4. The molecule has 0 aliphatic carbocycles. The molecule has 0 radical (unpaired) electrons. The molecule has 0 aliphatic rings. The Bertz CT molecular complexity index is 1370. The summed E-state index contributed by atoms with van der Waals surface area (Å²) in [4.78, 5) is 37.1.